The van der Waals surface area contributed by atoms with E-state index in [0.29, 0.717) is 17.7 Å². The molecule has 0 aromatic heterocycles. The highest BCUT2D eigenvalue weighted by atomic mass is 32.2. The van der Waals surface area contributed by atoms with E-state index in [-0.39, 0.29) is 16.1 Å². The first kappa shape index (κ1) is 19.7. The van der Waals surface area contributed by atoms with Crippen molar-refractivity contribution >= 4 is 32.5 Å². The number of hydrogen-bond acceptors (Lipinski definition) is 4. The van der Waals surface area contributed by atoms with Crippen molar-refractivity contribution in [2.24, 2.45) is 0 Å². The molecular formula is C21H21NO5S. The van der Waals surface area contributed by atoms with E-state index in [4.69, 9.17) is 9.84 Å². The summed E-state index contributed by atoms with van der Waals surface area (Å²) in [7, 11) is -3.87. The Labute approximate surface area is 163 Å². The number of benzene rings is 3. The lowest BCUT2D eigenvalue weighted by Gasteiger charge is -2.14. The van der Waals surface area contributed by atoms with Gasteiger partial charge in [-0.25, -0.2) is 13.2 Å². The predicted molar refractivity (Wildman–Crippen MR) is 109 cm³/mol. The Bertz CT molecular complexity index is 1090. The first-order valence-electron chi connectivity index (χ1n) is 8.93. The highest BCUT2D eigenvalue weighted by Gasteiger charge is 2.19. The molecule has 0 radical (unpaired) electrons. The van der Waals surface area contributed by atoms with Crippen LogP contribution in [-0.2, 0) is 10.0 Å². The molecule has 28 heavy (non-hydrogen) atoms. The second kappa shape index (κ2) is 8.31. The molecule has 0 aliphatic heterocycles. The molecule has 7 heteroatoms. The van der Waals surface area contributed by atoms with Crippen molar-refractivity contribution in [1.82, 2.24) is 0 Å². The molecule has 2 N–H and O–H groups in total. The van der Waals surface area contributed by atoms with Crippen molar-refractivity contribution in [3.8, 4) is 5.75 Å². The molecule has 0 unspecified atom stereocenters. The number of rotatable bonds is 8. The summed E-state index contributed by atoms with van der Waals surface area (Å²) < 4.78 is 34.2. The maximum absolute atomic E-state index is 12.9. The zero-order valence-corrected chi connectivity index (χ0v) is 16.2. The summed E-state index contributed by atoms with van der Waals surface area (Å²) in [4.78, 5) is 11.1. The fourth-order valence-corrected chi connectivity index (χ4v) is 4.09. The third-order valence-corrected chi connectivity index (χ3v) is 5.71. The molecule has 0 aliphatic rings. The van der Waals surface area contributed by atoms with Crippen molar-refractivity contribution in [2.45, 2.75) is 24.7 Å². The van der Waals surface area contributed by atoms with Crippen LogP contribution in [0.1, 0.15) is 30.1 Å². The third kappa shape index (κ3) is 4.26. The highest BCUT2D eigenvalue weighted by molar-refractivity contribution is 7.93. The number of carbonyl (C=O) groups is 1. The van der Waals surface area contributed by atoms with E-state index in [0.717, 1.165) is 18.2 Å². The van der Waals surface area contributed by atoms with Crippen LogP contribution in [0, 0.1) is 0 Å². The smallest absolute Gasteiger partial charge is 0.335 e. The highest BCUT2D eigenvalue weighted by Crippen LogP contribution is 2.32. The van der Waals surface area contributed by atoms with Crippen molar-refractivity contribution in [2.75, 3.05) is 11.3 Å². The molecule has 0 saturated heterocycles. The summed E-state index contributed by atoms with van der Waals surface area (Å²) in [6.07, 6.45) is 1.93. The number of fused-ring (bicyclic) bond motifs is 1. The fraction of sp³-hybridized carbons (Fsp3) is 0.190. The largest absolute Gasteiger partial charge is 0.493 e. The van der Waals surface area contributed by atoms with Crippen LogP contribution < -0.4 is 9.46 Å². The van der Waals surface area contributed by atoms with Gasteiger partial charge in [-0.05, 0) is 42.8 Å². The molecule has 0 fully saturated rings. The van der Waals surface area contributed by atoms with Crippen molar-refractivity contribution in [1.29, 1.82) is 0 Å². The lowest BCUT2D eigenvalue weighted by molar-refractivity contribution is 0.0697. The van der Waals surface area contributed by atoms with Gasteiger partial charge in [0.15, 0.2) is 0 Å². The van der Waals surface area contributed by atoms with E-state index < -0.39 is 16.0 Å². The molecule has 0 spiro atoms. The lowest BCUT2D eigenvalue weighted by atomic mass is 10.1. The van der Waals surface area contributed by atoms with E-state index in [2.05, 4.69) is 11.6 Å². The number of anilines is 1. The maximum atomic E-state index is 12.9. The third-order valence-electron chi connectivity index (χ3n) is 4.27. The molecule has 3 aromatic carbocycles. The summed E-state index contributed by atoms with van der Waals surface area (Å²) in [6.45, 7) is 2.65. The van der Waals surface area contributed by atoms with E-state index in [1.807, 2.05) is 12.1 Å². The topological polar surface area (TPSA) is 92.7 Å². The number of aromatic carboxylic acids is 1. The zero-order valence-electron chi connectivity index (χ0n) is 15.4. The van der Waals surface area contributed by atoms with Gasteiger partial charge in [-0.3, -0.25) is 4.72 Å². The predicted octanol–water partition coefficient (Wildman–Crippen LogP) is 4.52. The van der Waals surface area contributed by atoms with E-state index in [1.54, 1.807) is 18.2 Å². The minimum absolute atomic E-state index is 0.0852. The monoisotopic (exact) mass is 399 g/mol. The summed E-state index contributed by atoms with van der Waals surface area (Å²) >= 11 is 0. The Morgan fingerprint density at radius 1 is 1.00 bits per heavy atom. The van der Waals surface area contributed by atoms with Gasteiger partial charge >= 0.3 is 5.97 Å². The summed E-state index contributed by atoms with van der Waals surface area (Å²) in [6, 6.07) is 15.9. The van der Waals surface area contributed by atoms with Crippen LogP contribution >= 0.6 is 0 Å². The van der Waals surface area contributed by atoms with Crippen LogP contribution in [-0.4, -0.2) is 26.1 Å². The SMILES string of the molecule is CCCCOc1ccc(S(=O)(=O)Nc2ccc(C(=O)O)cc2)c2ccccc12. The average Bonchev–Trinajstić information content (AvgIpc) is 2.68. The van der Waals surface area contributed by atoms with Gasteiger partial charge in [0.2, 0.25) is 0 Å². The van der Waals surface area contributed by atoms with Gasteiger partial charge in [0.25, 0.3) is 10.0 Å². The number of carboxylic acids is 1. The van der Waals surface area contributed by atoms with E-state index >= 15 is 0 Å². The first-order valence-corrected chi connectivity index (χ1v) is 10.4. The van der Waals surface area contributed by atoms with E-state index in [1.165, 1.54) is 30.3 Å². The number of nitrogens with one attached hydrogen (secondary N) is 1. The number of carboxylic acid groups (broad SMARTS) is 1. The Morgan fingerprint density at radius 2 is 1.68 bits per heavy atom. The van der Waals surface area contributed by atoms with Gasteiger partial charge in [-0.2, -0.15) is 0 Å². The van der Waals surface area contributed by atoms with Crippen molar-refractivity contribution < 1.29 is 23.1 Å². The lowest BCUT2D eigenvalue weighted by Crippen LogP contribution is -2.13. The standard InChI is InChI=1S/C21H21NO5S/c1-2-3-14-27-19-12-13-20(18-7-5-4-6-17(18)19)28(25,26)22-16-10-8-15(9-11-16)21(23)24/h4-13,22H,2-3,14H2,1H3,(H,23,24). The summed E-state index contributed by atoms with van der Waals surface area (Å²) in [5.74, 6) is -0.423. The number of hydrogen-bond donors (Lipinski definition) is 2. The Kier molecular flexibility index (Phi) is 5.84. The molecule has 0 amide bonds. The minimum atomic E-state index is -3.87. The van der Waals surface area contributed by atoms with Gasteiger partial charge in [-0.1, -0.05) is 37.6 Å². The van der Waals surface area contributed by atoms with Gasteiger partial charge < -0.3 is 9.84 Å². The van der Waals surface area contributed by atoms with Gasteiger partial charge in [0.05, 0.1) is 17.1 Å². The quantitative estimate of drug-likeness (QED) is 0.543. The molecule has 3 rings (SSSR count). The maximum Gasteiger partial charge on any atom is 0.335 e. The molecule has 146 valence electrons. The molecule has 0 atom stereocenters. The van der Waals surface area contributed by atoms with Crippen molar-refractivity contribution in [3.63, 3.8) is 0 Å². The molecule has 0 bridgehead atoms. The Hall–Kier alpha value is -3.06. The first-order chi connectivity index (χ1) is 13.4. The zero-order chi connectivity index (χ0) is 20.1. The van der Waals surface area contributed by atoms with Crippen LogP contribution in [0.5, 0.6) is 5.75 Å². The molecular weight excluding hydrogens is 378 g/mol. The number of ether oxygens (including phenoxy) is 1. The molecule has 0 saturated carbocycles. The number of unbranched alkanes of at least 4 members (excludes halogenated alkanes) is 1. The van der Waals surface area contributed by atoms with Crippen LogP contribution in [0.25, 0.3) is 10.8 Å². The van der Waals surface area contributed by atoms with Crippen LogP contribution in [0.15, 0.2) is 65.6 Å². The van der Waals surface area contributed by atoms with Crippen LogP contribution in [0.4, 0.5) is 5.69 Å². The molecule has 6 nitrogen and oxygen atoms in total. The van der Waals surface area contributed by atoms with Gasteiger partial charge in [-0.15, -0.1) is 0 Å². The normalized spacial score (nSPS) is 11.3. The molecule has 0 aliphatic carbocycles. The Morgan fingerprint density at radius 3 is 2.32 bits per heavy atom. The van der Waals surface area contributed by atoms with E-state index in [9.17, 15) is 13.2 Å². The minimum Gasteiger partial charge on any atom is -0.493 e. The molecule has 0 heterocycles. The number of sulfonamides is 1. The summed E-state index contributed by atoms with van der Waals surface area (Å²) in [5.41, 5.74) is 0.374. The average molecular weight is 399 g/mol. The molecule has 3 aromatic rings. The van der Waals surface area contributed by atoms with Gasteiger partial charge in [0, 0.05) is 16.5 Å². The van der Waals surface area contributed by atoms with Gasteiger partial charge in [0.1, 0.15) is 5.75 Å². The summed E-state index contributed by atoms with van der Waals surface area (Å²) in [5, 5.41) is 10.2. The second-order valence-corrected chi connectivity index (χ2v) is 7.95. The van der Waals surface area contributed by atoms with Crippen LogP contribution in [0.2, 0.25) is 0 Å². The Balaban J connectivity index is 1.95. The van der Waals surface area contributed by atoms with Crippen molar-refractivity contribution in [3.05, 3.63) is 66.2 Å². The van der Waals surface area contributed by atoms with Crippen LogP contribution in [0.3, 0.4) is 0 Å². The fourth-order valence-electron chi connectivity index (χ4n) is 2.82. The second-order valence-electron chi connectivity index (χ2n) is 6.30.